The highest BCUT2D eigenvalue weighted by molar-refractivity contribution is 5.78. The molecule has 0 fully saturated rings. The van der Waals surface area contributed by atoms with Crippen LogP contribution in [0.3, 0.4) is 0 Å². The van der Waals surface area contributed by atoms with E-state index in [1.54, 1.807) is 0 Å². The van der Waals surface area contributed by atoms with Gasteiger partial charge in [0.15, 0.2) is 0 Å². The minimum Gasteiger partial charge on any atom is -0.411 e. The van der Waals surface area contributed by atoms with Gasteiger partial charge < -0.3 is 5.21 Å². The van der Waals surface area contributed by atoms with E-state index in [1.807, 2.05) is 24.3 Å². The molecule has 1 aromatic rings. The van der Waals surface area contributed by atoms with Crippen molar-refractivity contribution in [2.45, 2.75) is 0 Å². The molecule has 0 saturated carbocycles. The second-order valence-electron chi connectivity index (χ2n) is 1.99. The van der Waals surface area contributed by atoms with Gasteiger partial charge in [0.1, 0.15) is 0 Å². The van der Waals surface area contributed by atoms with Crippen LogP contribution in [0.25, 0.3) is 0 Å². The highest BCUT2D eigenvalue weighted by atomic mass is 16.4. The molecule has 10 heavy (non-hydrogen) atoms. The average Bonchev–Trinajstić information content (AvgIpc) is 1.95. The van der Waals surface area contributed by atoms with Crippen molar-refractivity contribution in [2.75, 3.05) is 0 Å². The number of rotatable bonds is 1. The van der Waals surface area contributed by atoms with Crippen LogP contribution < -0.4 is 0 Å². The lowest BCUT2D eigenvalue weighted by atomic mass is 10.2. The predicted molar refractivity (Wildman–Crippen MR) is 40.3 cm³/mol. The lowest BCUT2D eigenvalue weighted by Crippen LogP contribution is -1.79. The first kappa shape index (κ1) is 6.81. The van der Waals surface area contributed by atoms with Crippen molar-refractivity contribution in [3.8, 4) is 0 Å². The summed E-state index contributed by atoms with van der Waals surface area (Å²) in [4.78, 5) is 0. The zero-order valence-electron chi connectivity index (χ0n) is 5.49. The quantitative estimate of drug-likeness (QED) is 0.353. The zero-order chi connectivity index (χ0) is 7.40. The minimum atomic E-state index is 0.870. The molecule has 2 nitrogen and oxygen atoms in total. The zero-order valence-corrected chi connectivity index (χ0v) is 5.49. The van der Waals surface area contributed by atoms with Gasteiger partial charge >= 0.3 is 0 Å². The summed E-state index contributed by atoms with van der Waals surface area (Å²) in [5, 5.41) is 11.0. The molecular weight excluding hydrogens is 126 g/mol. The summed E-state index contributed by atoms with van der Waals surface area (Å²) in [6, 6.07) is 7.39. The number of benzene rings is 1. The van der Waals surface area contributed by atoms with E-state index in [0.29, 0.717) is 0 Å². The Kier molecular flexibility index (Phi) is 2.05. The monoisotopic (exact) mass is 134 g/mol. The van der Waals surface area contributed by atoms with Crippen molar-refractivity contribution in [3.05, 3.63) is 42.3 Å². The largest absolute Gasteiger partial charge is 0.411 e. The predicted octanol–water partition coefficient (Wildman–Crippen LogP) is 1.68. The van der Waals surface area contributed by atoms with Crippen LogP contribution in [0.2, 0.25) is 0 Å². The van der Waals surface area contributed by atoms with Crippen molar-refractivity contribution >= 4 is 6.21 Å². The molecule has 0 saturated heterocycles. The fourth-order valence-electron chi connectivity index (χ4n) is 0.670. The van der Waals surface area contributed by atoms with Crippen LogP contribution in [0.5, 0.6) is 0 Å². The molecule has 0 unspecified atom stereocenters. The molecule has 51 valence electrons. The maximum atomic E-state index is 8.14. The van der Waals surface area contributed by atoms with Gasteiger partial charge in [-0.3, -0.25) is 0 Å². The number of hydrogen-bond acceptors (Lipinski definition) is 2. The summed E-state index contributed by atoms with van der Waals surface area (Å²) in [7, 11) is 0. The second-order valence-corrected chi connectivity index (χ2v) is 1.99. The van der Waals surface area contributed by atoms with Gasteiger partial charge in [0.05, 0.1) is 6.21 Å². The van der Waals surface area contributed by atoms with Crippen molar-refractivity contribution in [2.24, 2.45) is 5.16 Å². The third-order valence-corrected chi connectivity index (χ3v) is 1.19. The topological polar surface area (TPSA) is 32.6 Å². The lowest BCUT2D eigenvalue weighted by Gasteiger charge is -1.91. The Morgan fingerprint density at radius 1 is 1.30 bits per heavy atom. The number of hydrogen-bond donors (Lipinski definition) is 1. The Bertz CT molecular complexity index is 226. The molecule has 0 heterocycles. The maximum absolute atomic E-state index is 8.14. The molecule has 0 aliphatic rings. The van der Waals surface area contributed by atoms with Gasteiger partial charge in [0.25, 0.3) is 0 Å². The van der Waals surface area contributed by atoms with Crippen LogP contribution in [0.15, 0.2) is 29.4 Å². The van der Waals surface area contributed by atoms with Gasteiger partial charge in [0, 0.05) is 0 Å². The summed E-state index contributed by atoms with van der Waals surface area (Å²) >= 11 is 0. The first-order valence-electron chi connectivity index (χ1n) is 2.92. The summed E-state index contributed by atoms with van der Waals surface area (Å²) in [6.07, 6.45) is 1.37. The average molecular weight is 134 g/mol. The van der Waals surface area contributed by atoms with E-state index < -0.39 is 0 Å². The van der Waals surface area contributed by atoms with E-state index in [0.717, 1.165) is 11.1 Å². The van der Waals surface area contributed by atoms with Crippen LogP contribution in [0.4, 0.5) is 0 Å². The molecule has 2 heteroatoms. The van der Waals surface area contributed by atoms with Gasteiger partial charge in [-0.05, 0) is 18.1 Å². The number of nitrogens with zero attached hydrogens (tertiary/aromatic N) is 1. The van der Waals surface area contributed by atoms with Crippen LogP contribution in [-0.4, -0.2) is 11.4 Å². The molecule has 0 bridgehead atoms. The molecule has 1 radical (unpaired) electrons. The van der Waals surface area contributed by atoms with Crippen molar-refractivity contribution in [3.63, 3.8) is 0 Å². The Hall–Kier alpha value is -1.31. The minimum absolute atomic E-state index is 0.870. The first-order chi connectivity index (χ1) is 4.83. The van der Waals surface area contributed by atoms with Gasteiger partial charge in [-0.2, -0.15) is 0 Å². The first-order valence-corrected chi connectivity index (χ1v) is 2.92. The Morgan fingerprint density at radius 2 is 1.90 bits per heavy atom. The molecule has 1 rings (SSSR count). The fraction of sp³-hybridized carbons (Fsp3) is 0. The van der Waals surface area contributed by atoms with E-state index >= 15 is 0 Å². The lowest BCUT2D eigenvalue weighted by molar-refractivity contribution is 0.322. The maximum Gasteiger partial charge on any atom is 0.0733 e. The van der Waals surface area contributed by atoms with Crippen LogP contribution >= 0.6 is 0 Å². The van der Waals surface area contributed by atoms with E-state index in [1.165, 1.54) is 6.21 Å². The highest BCUT2D eigenvalue weighted by Crippen LogP contribution is 1.99. The van der Waals surface area contributed by atoms with Crippen molar-refractivity contribution in [1.82, 2.24) is 0 Å². The van der Waals surface area contributed by atoms with Crippen molar-refractivity contribution in [1.29, 1.82) is 0 Å². The van der Waals surface area contributed by atoms with Crippen molar-refractivity contribution < 1.29 is 5.21 Å². The van der Waals surface area contributed by atoms with Gasteiger partial charge in [-0.1, -0.05) is 29.4 Å². The van der Waals surface area contributed by atoms with Gasteiger partial charge in [-0.15, -0.1) is 0 Å². The van der Waals surface area contributed by atoms with E-state index in [-0.39, 0.29) is 0 Å². The van der Waals surface area contributed by atoms with Crippen LogP contribution in [-0.2, 0) is 0 Å². The van der Waals surface area contributed by atoms with Gasteiger partial charge in [0.2, 0.25) is 0 Å². The summed E-state index contributed by atoms with van der Waals surface area (Å²) in [5.74, 6) is 0. The summed E-state index contributed by atoms with van der Waals surface area (Å²) in [5.41, 5.74) is 1.82. The summed E-state index contributed by atoms with van der Waals surface area (Å²) < 4.78 is 0. The second kappa shape index (κ2) is 3.01. The smallest absolute Gasteiger partial charge is 0.0733 e. The molecule has 1 N–H and O–H groups in total. The molecule has 0 aliphatic carbocycles. The molecular formula is C8H8NO. The Balaban J connectivity index is 2.89. The Morgan fingerprint density at radius 3 is 2.40 bits per heavy atom. The molecule has 0 amide bonds. The normalized spacial score (nSPS) is 10.5. The van der Waals surface area contributed by atoms with Crippen LogP contribution in [0, 0.1) is 6.92 Å². The van der Waals surface area contributed by atoms with E-state index in [4.69, 9.17) is 5.21 Å². The highest BCUT2D eigenvalue weighted by Gasteiger charge is 1.85. The SMILES string of the molecule is [CH2]c1ccc(/C=N/O)cc1. The standard InChI is InChI=1S/C8H8NO/c1-7-2-4-8(5-3-7)6-9-10/h2-6,10H,1H2/b9-6+. The molecule has 1 aromatic carbocycles. The Labute approximate surface area is 59.8 Å². The van der Waals surface area contributed by atoms with Crippen LogP contribution in [0.1, 0.15) is 11.1 Å². The van der Waals surface area contributed by atoms with E-state index in [2.05, 4.69) is 12.1 Å². The molecule has 0 atom stereocenters. The molecule has 0 spiro atoms. The van der Waals surface area contributed by atoms with E-state index in [9.17, 15) is 0 Å². The molecule has 0 aromatic heterocycles. The molecule has 0 aliphatic heterocycles. The third kappa shape index (κ3) is 1.58. The van der Waals surface area contributed by atoms with Gasteiger partial charge in [-0.25, -0.2) is 0 Å². The fourth-order valence-corrected chi connectivity index (χ4v) is 0.670. The number of oxime groups is 1. The third-order valence-electron chi connectivity index (χ3n) is 1.19. The summed E-state index contributed by atoms with van der Waals surface area (Å²) in [6.45, 7) is 3.71.